The van der Waals surface area contributed by atoms with Gasteiger partial charge in [-0.1, -0.05) is 156 Å². The molecular formula is C34H67N3O. The molecule has 0 aliphatic carbocycles. The largest absolute Gasteiger partial charge is 0.338 e. The lowest BCUT2D eigenvalue weighted by molar-refractivity contribution is -0.122. The smallest absolute Gasteiger partial charge is 0.221 e. The second kappa shape index (κ2) is 26.2. The molecule has 0 saturated heterocycles. The molecule has 1 amide bonds. The first kappa shape index (κ1) is 35.0. The van der Waals surface area contributed by atoms with Gasteiger partial charge in [0.15, 0.2) is 0 Å². The third kappa shape index (κ3) is 19.1. The minimum absolute atomic E-state index is 0.119. The summed E-state index contributed by atoms with van der Waals surface area (Å²) in [5.41, 5.74) is 0. The van der Waals surface area contributed by atoms with Crippen LogP contribution in [0.25, 0.3) is 0 Å². The van der Waals surface area contributed by atoms with Gasteiger partial charge in [-0.15, -0.1) is 0 Å². The van der Waals surface area contributed by atoms with Crippen molar-refractivity contribution < 1.29 is 4.79 Å². The van der Waals surface area contributed by atoms with Crippen molar-refractivity contribution in [1.29, 1.82) is 0 Å². The van der Waals surface area contributed by atoms with Crippen LogP contribution >= 0.6 is 0 Å². The predicted octanol–water partition coefficient (Wildman–Crippen LogP) is 10.3. The average Bonchev–Trinajstić information content (AvgIpc) is 3.39. The molecule has 1 heterocycles. The van der Waals surface area contributed by atoms with E-state index in [1.165, 1.54) is 147 Å². The summed E-state index contributed by atoms with van der Waals surface area (Å²) in [6, 6.07) is 0. The quantitative estimate of drug-likeness (QED) is 0.102. The zero-order valence-corrected chi connectivity index (χ0v) is 26.2. The molecule has 0 saturated carbocycles. The van der Waals surface area contributed by atoms with Gasteiger partial charge in [0.2, 0.25) is 5.91 Å². The van der Waals surface area contributed by atoms with E-state index in [2.05, 4.69) is 31.0 Å². The monoisotopic (exact) mass is 534 g/mol. The summed E-state index contributed by atoms with van der Waals surface area (Å²) < 4.78 is 0. The molecule has 1 rings (SSSR count). The fourth-order valence-corrected chi connectivity index (χ4v) is 5.80. The van der Waals surface area contributed by atoms with E-state index in [4.69, 9.17) is 4.99 Å². The Hall–Kier alpha value is -1.06. The summed E-state index contributed by atoms with van der Waals surface area (Å²) in [5.74, 6) is 1.46. The first-order valence-electron chi connectivity index (χ1n) is 17.3. The Balaban J connectivity index is 2.06. The highest BCUT2D eigenvalue weighted by Gasteiger charge is 2.24. The lowest BCUT2D eigenvalue weighted by Crippen LogP contribution is -2.49. The maximum Gasteiger partial charge on any atom is 0.221 e. The number of amides is 1. The molecule has 0 aromatic rings. The van der Waals surface area contributed by atoms with Crippen LogP contribution in [0.1, 0.15) is 188 Å². The number of carbonyl (C=O) groups is 1. The molecular weight excluding hydrogens is 466 g/mol. The van der Waals surface area contributed by atoms with Crippen LogP contribution in [-0.2, 0) is 4.79 Å². The van der Waals surface area contributed by atoms with Crippen LogP contribution in [0.4, 0.5) is 0 Å². The Morgan fingerprint density at radius 2 is 1.08 bits per heavy atom. The highest BCUT2D eigenvalue weighted by Crippen LogP contribution is 2.17. The van der Waals surface area contributed by atoms with Gasteiger partial charge in [0.05, 0.1) is 6.54 Å². The van der Waals surface area contributed by atoms with Crippen molar-refractivity contribution in [2.45, 2.75) is 194 Å². The van der Waals surface area contributed by atoms with Gasteiger partial charge in [-0.25, -0.2) is 0 Å². The van der Waals surface area contributed by atoms with Crippen LogP contribution in [0.15, 0.2) is 4.99 Å². The molecule has 0 spiro atoms. The van der Waals surface area contributed by atoms with Crippen molar-refractivity contribution in [3.8, 4) is 0 Å². The van der Waals surface area contributed by atoms with Crippen LogP contribution < -0.4 is 5.32 Å². The molecule has 0 radical (unpaired) electrons. The van der Waals surface area contributed by atoms with Crippen molar-refractivity contribution in [3.05, 3.63) is 0 Å². The first-order chi connectivity index (χ1) is 18.7. The average molecular weight is 534 g/mol. The van der Waals surface area contributed by atoms with Gasteiger partial charge in [-0.3, -0.25) is 9.79 Å². The molecule has 0 bridgehead atoms. The van der Waals surface area contributed by atoms with E-state index < -0.39 is 0 Å². The number of unbranched alkanes of at least 4 members (excludes halogenated alkanes) is 21. The normalized spacial score (nSPS) is 14.2. The Morgan fingerprint density at radius 1 is 0.658 bits per heavy atom. The van der Waals surface area contributed by atoms with E-state index in [1.54, 1.807) is 0 Å². The van der Waals surface area contributed by atoms with Crippen molar-refractivity contribution in [1.82, 2.24) is 10.2 Å². The summed E-state index contributed by atoms with van der Waals surface area (Å²) in [7, 11) is 0. The highest BCUT2D eigenvalue weighted by atomic mass is 16.1. The standard InChI is InChI=1S/C34H67N3O/c1-4-7-9-11-13-15-17-19-20-22-24-26-28-33-35-30-31-37(33)32(6-3)36-34(38)29-27-25-23-21-18-16-14-12-10-8-5-2/h32H,4-31H2,1-3H3,(H,36,38). The maximum atomic E-state index is 12.6. The molecule has 1 aliphatic heterocycles. The molecule has 0 aromatic heterocycles. The summed E-state index contributed by atoms with van der Waals surface area (Å²) in [6.07, 6.45) is 33.9. The highest BCUT2D eigenvalue weighted by molar-refractivity contribution is 5.85. The summed E-state index contributed by atoms with van der Waals surface area (Å²) in [4.78, 5) is 19.8. The van der Waals surface area contributed by atoms with Crippen LogP contribution in [0.2, 0.25) is 0 Å². The minimum atomic E-state index is 0.119. The molecule has 0 aromatic carbocycles. The van der Waals surface area contributed by atoms with Crippen LogP contribution in [0, 0.1) is 0 Å². The van der Waals surface area contributed by atoms with E-state index in [0.717, 1.165) is 32.4 Å². The van der Waals surface area contributed by atoms with Gasteiger partial charge in [-0.2, -0.15) is 0 Å². The molecule has 1 unspecified atom stereocenters. The Bertz CT molecular complexity index is 562. The van der Waals surface area contributed by atoms with E-state index in [1.807, 2.05) is 0 Å². The number of rotatable bonds is 28. The fraction of sp³-hybridized carbons (Fsp3) is 0.941. The van der Waals surface area contributed by atoms with Crippen LogP contribution in [0.5, 0.6) is 0 Å². The third-order valence-electron chi connectivity index (χ3n) is 8.32. The molecule has 224 valence electrons. The second-order valence-electron chi connectivity index (χ2n) is 11.9. The molecule has 4 nitrogen and oxygen atoms in total. The SMILES string of the molecule is CCCCCCCCCCCCCCC1=NCCN1C(CC)NC(=O)CCCCCCCCCCCCC. The number of aliphatic imine (C=N–C) groups is 1. The predicted molar refractivity (Wildman–Crippen MR) is 168 cm³/mol. The number of hydrogen-bond acceptors (Lipinski definition) is 3. The number of carbonyl (C=O) groups excluding carboxylic acids is 1. The summed E-state index contributed by atoms with van der Waals surface area (Å²) in [6.45, 7) is 8.61. The maximum absolute atomic E-state index is 12.6. The lowest BCUT2D eigenvalue weighted by atomic mass is 10.0. The van der Waals surface area contributed by atoms with Gasteiger partial charge < -0.3 is 10.2 Å². The molecule has 1 aliphatic rings. The zero-order chi connectivity index (χ0) is 27.5. The number of nitrogens with one attached hydrogen (secondary N) is 1. The van der Waals surface area contributed by atoms with Gasteiger partial charge in [0, 0.05) is 19.4 Å². The van der Waals surface area contributed by atoms with Gasteiger partial charge in [-0.05, 0) is 19.3 Å². The molecule has 0 fully saturated rings. The number of amidine groups is 1. The summed E-state index contributed by atoms with van der Waals surface area (Å²) >= 11 is 0. The molecule has 1 N–H and O–H groups in total. The Labute approximate surface area is 238 Å². The van der Waals surface area contributed by atoms with E-state index in [9.17, 15) is 4.79 Å². The van der Waals surface area contributed by atoms with Crippen molar-refractivity contribution in [2.75, 3.05) is 13.1 Å². The Kier molecular flexibility index (Phi) is 24.1. The topological polar surface area (TPSA) is 44.7 Å². The second-order valence-corrected chi connectivity index (χ2v) is 11.9. The minimum Gasteiger partial charge on any atom is -0.338 e. The van der Waals surface area contributed by atoms with Crippen molar-refractivity contribution in [3.63, 3.8) is 0 Å². The third-order valence-corrected chi connectivity index (χ3v) is 8.32. The van der Waals surface area contributed by atoms with E-state index in [-0.39, 0.29) is 12.1 Å². The van der Waals surface area contributed by atoms with Crippen LogP contribution in [-0.4, -0.2) is 35.9 Å². The Morgan fingerprint density at radius 3 is 1.53 bits per heavy atom. The van der Waals surface area contributed by atoms with E-state index >= 15 is 0 Å². The van der Waals surface area contributed by atoms with Gasteiger partial charge >= 0.3 is 0 Å². The van der Waals surface area contributed by atoms with Gasteiger partial charge in [0.1, 0.15) is 12.0 Å². The zero-order valence-electron chi connectivity index (χ0n) is 26.2. The fourth-order valence-electron chi connectivity index (χ4n) is 5.80. The molecule has 4 heteroatoms. The van der Waals surface area contributed by atoms with Crippen LogP contribution in [0.3, 0.4) is 0 Å². The van der Waals surface area contributed by atoms with E-state index in [0.29, 0.717) is 6.42 Å². The number of nitrogens with zero attached hydrogens (tertiary/aromatic N) is 2. The first-order valence-corrected chi connectivity index (χ1v) is 17.3. The molecule has 38 heavy (non-hydrogen) atoms. The van der Waals surface area contributed by atoms with Crippen molar-refractivity contribution in [2.24, 2.45) is 4.99 Å². The molecule has 1 atom stereocenters. The van der Waals surface area contributed by atoms with Gasteiger partial charge in [0.25, 0.3) is 0 Å². The van der Waals surface area contributed by atoms with Crippen molar-refractivity contribution >= 4 is 11.7 Å². The summed E-state index contributed by atoms with van der Waals surface area (Å²) in [5, 5.41) is 3.33. The lowest BCUT2D eigenvalue weighted by Gasteiger charge is -2.30. The number of hydrogen-bond donors (Lipinski definition) is 1.